The summed E-state index contributed by atoms with van der Waals surface area (Å²) in [6, 6.07) is 10.5. The minimum Gasteiger partial charge on any atom is -0.0870 e. The molecule has 0 N–H and O–H groups in total. The molecule has 1 aromatic carbocycles. The van der Waals surface area contributed by atoms with Gasteiger partial charge in [0.05, 0.1) is 0 Å². The van der Waals surface area contributed by atoms with Crippen molar-refractivity contribution in [3.05, 3.63) is 53.6 Å². The van der Waals surface area contributed by atoms with Crippen LogP contribution in [0.25, 0.3) is 5.57 Å². The summed E-state index contributed by atoms with van der Waals surface area (Å²) < 4.78 is 0. The summed E-state index contributed by atoms with van der Waals surface area (Å²) in [6.07, 6.45) is 4.24. The first-order valence-corrected chi connectivity index (χ1v) is 4.61. The number of rotatable bonds is 2. The fourth-order valence-electron chi connectivity index (χ4n) is 1.34. The van der Waals surface area contributed by atoms with Crippen LogP contribution in [0.1, 0.15) is 26.3 Å². The van der Waals surface area contributed by atoms with Crippen molar-refractivity contribution in [2.24, 2.45) is 0 Å². The molecule has 0 nitrogen and oxygen atoms in total. The highest BCUT2D eigenvalue weighted by atomic mass is 14.0. The van der Waals surface area contributed by atoms with E-state index in [2.05, 4.69) is 50.3 Å². The third kappa shape index (κ3) is 2.59. The van der Waals surface area contributed by atoms with Crippen LogP contribution in [0.5, 0.6) is 0 Å². The predicted molar refractivity (Wildman–Crippen MR) is 59.5 cm³/mol. The molecule has 0 aromatic heterocycles. The van der Waals surface area contributed by atoms with Gasteiger partial charge in [-0.25, -0.2) is 0 Å². The molecule has 0 saturated heterocycles. The van der Waals surface area contributed by atoms with Crippen LogP contribution >= 0.6 is 0 Å². The Morgan fingerprint density at radius 1 is 1.08 bits per heavy atom. The van der Waals surface area contributed by atoms with Crippen LogP contribution in [0, 0.1) is 0 Å². The molecule has 0 heteroatoms. The van der Waals surface area contributed by atoms with Crippen molar-refractivity contribution in [3.8, 4) is 0 Å². The summed E-state index contributed by atoms with van der Waals surface area (Å²) >= 11 is 0. The lowest BCUT2D eigenvalue weighted by Crippen LogP contribution is -1.82. The molecule has 68 valence electrons. The molecular formula is C13H16. The van der Waals surface area contributed by atoms with Crippen LogP contribution < -0.4 is 0 Å². The van der Waals surface area contributed by atoms with Crippen LogP contribution in [-0.4, -0.2) is 0 Å². The smallest absolute Gasteiger partial charge is 0.0185 e. The Kier molecular flexibility index (Phi) is 3.51. The lowest BCUT2D eigenvalue weighted by Gasteiger charge is -2.04. The minimum absolute atomic E-state index is 1.29. The molecule has 0 radical (unpaired) electrons. The van der Waals surface area contributed by atoms with Crippen molar-refractivity contribution in [1.82, 2.24) is 0 Å². The van der Waals surface area contributed by atoms with Gasteiger partial charge in [-0.05, 0) is 31.9 Å². The van der Waals surface area contributed by atoms with Crippen molar-refractivity contribution < 1.29 is 0 Å². The van der Waals surface area contributed by atoms with E-state index in [4.69, 9.17) is 0 Å². The van der Waals surface area contributed by atoms with E-state index >= 15 is 0 Å². The molecule has 0 saturated carbocycles. The summed E-state index contributed by atoms with van der Waals surface area (Å²) in [6.45, 7) is 6.33. The highest BCUT2D eigenvalue weighted by molar-refractivity contribution is 5.75. The van der Waals surface area contributed by atoms with Crippen molar-refractivity contribution >= 4 is 5.57 Å². The van der Waals surface area contributed by atoms with E-state index in [0.717, 1.165) is 0 Å². The molecule has 0 atom stereocenters. The normalized spacial score (nSPS) is 10.4. The molecule has 1 aromatic rings. The van der Waals surface area contributed by atoms with Crippen LogP contribution in [0.4, 0.5) is 0 Å². The molecule has 0 fully saturated rings. The summed E-state index contributed by atoms with van der Waals surface area (Å²) in [4.78, 5) is 0. The first-order valence-electron chi connectivity index (χ1n) is 4.61. The Labute approximate surface area is 80.6 Å². The summed E-state index contributed by atoms with van der Waals surface area (Å²) in [7, 11) is 0. The van der Waals surface area contributed by atoms with Gasteiger partial charge in [0.2, 0.25) is 0 Å². The van der Waals surface area contributed by atoms with Gasteiger partial charge < -0.3 is 0 Å². The number of hydrogen-bond donors (Lipinski definition) is 0. The molecule has 0 amide bonds. The first-order chi connectivity index (χ1) is 6.25. The molecule has 13 heavy (non-hydrogen) atoms. The predicted octanol–water partition coefficient (Wildman–Crippen LogP) is 4.06. The number of benzene rings is 1. The Morgan fingerprint density at radius 2 is 1.69 bits per heavy atom. The Hall–Kier alpha value is -1.30. The monoisotopic (exact) mass is 172 g/mol. The molecule has 0 unspecified atom stereocenters. The molecule has 0 heterocycles. The second-order valence-corrected chi connectivity index (χ2v) is 3.28. The Bertz CT molecular complexity index is 311. The Morgan fingerprint density at radius 3 is 2.15 bits per heavy atom. The van der Waals surface area contributed by atoms with E-state index in [-0.39, 0.29) is 0 Å². The van der Waals surface area contributed by atoms with Crippen molar-refractivity contribution in [2.45, 2.75) is 20.8 Å². The van der Waals surface area contributed by atoms with E-state index in [0.29, 0.717) is 0 Å². The van der Waals surface area contributed by atoms with Gasteiger partial charge in [0.25, 0.3) is 0 Å². The van der Waals surface area contributed by atoms with E-state index < -0.39 is 0 Å². The topological polar surface area (TPSA) is 0 Å². The molecule has 0 aliphatic carbocycles. The van der Waals surface area contributed by atoms with E-state index in [1.54, 1.807) is 0 Å². The lowest BCUT2D eigenvalue weighted by molar-refractivity contribution is 1.39. The average Bonchev–Trinajstić information content (AvgIpc) is 2.15. The van der Waals surface area contributed by atoms with Crippen LogP contribution in [0.15, 0.2) is 48.1 Å². The summed E-state index contributed by atoms with van der Waals surface area (Å²) in [5.41, 5.74) is 3.97. The fraction of sp³-hybridized carbons (Fsp3) is 0.231. The summed E-state index contributed by atoms with van der Waals surface area (Å²) in [5, 5.41) is 0. The second kappa shape index (κ2) is 4.66. The van der Waals surface area contributed by atoms with Crippen molar-refractivity contribution in [1.29, 1.82) is 0 Å². The van der Waals surface area contributed by atoms with Gasteiger partial charge in [-0.2, -0.15) is 0 Å². The SMILES string of the molecule is C/C=C\C(=C(C)C)c1ccccc1. The van der Waals surface area contributed by atoms with Crippen LogP contribution in [-0.2, 0) is 0 Å². The zero-order valence-electron chi connectivity index (χ0n) is 8.54. The maximum atomic E-state index is 2.16. The summed E-state index contributed by atoms with van der Waals surface area (Å²) in [5.74, 6) is 0. The molecule has 1 rings (SSSR count). The molecule has 0 aliphatic rings. The zero-order valence-corrected chi connectivity index (χ0v) is 8.54. The van der Waals surface area contributed by atoms with E-state index in [1.165, 1.54) is 16.7 Å². The molecule has 0 bridgehead atoms. The number of allylic oxidation sites excluding steroid dienone is 4. The minimum atomic E-state index is 1.29. The quantitative estimate of drug-likeness (QED) is 0.590. The van der Waals surface area contributed by atoms with Gasteiger partial charge in [0.15, 0.2) is 0 Å². The molecule has 0 spiro atoms. The van der Waals surface area contributed by atoms with Crippen molar-refractivity contribution in [2.75, 3.05) is 0 Å². The van der Waals surface area contributed by atoms with Crippen LogP contribution in [0.3, 0.4) is 0 Å². The van der Waals surface area contributed by atoms with E-state index in [9.17, 15) is 0 Å². The maximum absolute atomic E-state index is 2.16. The average molecular weight is 172 g/mol. The van der Waals surface area contributed by atoms with E-state index in [1.807, 2.05) is 13.0 Å². The largest absolute Gasteiger partial charge is 0.0870 e. The van der Waals surface area contributed by atoms with Gasteiger partial charge in [-0.3, -0.25) is 0 Å². The Balaban J connectivity index is 3.12. The fourth-order valence-corrected chi connectivity index (χ4v) is 1.34. The van der Waals surface area contributed by atoms with Gasteiger partial charge in [-0.1, -0.05) is 48.1 Å². The third-order valence-corrected chi connectivity index (χ3v) is 1.96. The first kappa shape index (κ1) is 9.79. The van der Waals surface area contributed by atoms with Crippen LogP contribution in [0.2, 0.25) is 0 Å². The molecular weight excluding hydrogens is 156 g/mol. The zero-order chi connectivity index (χ0) is 9.68. The lowest BCUT2D eigenvalue weighted by atomic mass is 10.0. The second-order valence-electron chi connectivity index (χ2n) is 3.28. The van der Waals surface area contributed by atoms with Gasteiger partial charge in [0, 0.05) is 0 Å². The van der Waals surface area contributed by atoms with Gasteiger partial charge >= 0.3 is 0 Å². The third-order valence-electron chi connectivity index (χ3n) is 1.96. The van der Waals surface area contributed by atoms with Gasteiger partial charge in [-0.15, -0.1) is 0 Å². The van der Waals surface area contributed by atoms with Gasteiger partial charge in [0.1, 0.15) is 0 Å². The van der Waals surface area contributed by atoms with Crippen molar-refractivity contribution in [3.63, 3.8) is 0 Å². The maximum Gasteiger partial charge on any atom is -0.0185 e. The highest BCUT2D eigenvalue weighted by Crippen LogP contribution is 2.19. The molecule has 0 aliphatic heterocycles. The standard InChI is InChI=1S/C13H16/c1-4-8-13(11(2)3)12-9-6-5-7-10-12/h4-10H,1-3H3/b8-4-. The number of hydrogen-bond acceptors (Lipinski definition) is 0. The highest BCUT2D eigenvalue weighted by Gasteiger charge is 1.97.